The van der Waals surface area contributed by atoms with Crippen LogP contribution in [0.4, 0.5) is 10.2 Å². The molecule has 0 atom stereocenters. The lowest BCUT2D eigenvalue weighted by Crippen LogP contribution is -2.35. The summed E-state index contributed by atoms with van der Waals surface area (Å²) in [5.74, 6) is 1.70. The highest BCUT2D eigenvalue weighted by molar-refractivity contribution is 5.76. The fourth-order valence-corrected chi connectivity index (χ4v) is 4.28. The summed E-state index contributed by atoms with van der Waals surface area (Å²) >= 11 is 0. The highest BCUT2D eigenvalue weighted by Gasteiger charge is 2.23. The van der Waals surface area contributed by atoms with E-state index in [-0.39, 0.29) is 11.7 Å². The molecule has 1 fully saturated rings. The number of amides is 1. The molecule has 6 heteroatoms. The first-order chi connectivity index (χ1) is 15.0. The van der Waals surface area contributed by atoms with E-state index in [0.29, 0.717) is 19.4 Å². The predicted octanol–water partition coefficient (Wildman–Crippen LogP) is 4.83. The monoisotopic (exact) mass is 426 g/mol. The number of unbranched alkanes of at least 4 members (excludes halogenated alkanes) is 3. The average molecular weight is 427 g/mol. The van der Waals surface area contributed by atoms with Crippen molar-refractivity contribution in [3.8, 4) is 0 Å². The van der Waals surface area contributed by atoms with Crippen molar-refractivity contribution in [1.82, 2.24) is 14.9 Å². The Morgan fingerprint density at radius 2 is 1.90 bits per heavy atom. The average Bonchev–Trinajstić information content (AvgIpc) is 2.99. The molecule has 1 aromatic carbocycles. The number of hydrogen-bond donors (Lipinski definition) is 0. The zero-order valence-corrected chi connectivity index (χ0v) is 19.2. The van der Waals surface area contributed by atoms with Crippen LogP contribution in [-0.2, 0) is 11.2 Å². The van der Waals surface area contributed by atoms with Crippen molar-refractivity contribution in [3.63, 3.8) is 0 Å². The number of rotatable bonds is 8. The maximum Gasteiger partial charge on any atom is 0.222 e. The fourth-order valence-electron chi connectivity index (χ4n) is 4.28. The van der Waals surface area contributed by atoms with E-state index in [2.05, 4.69) is 16.8 Å². The second-order valence-electron chi connectivity index (χ2n) is 8.50. The number of halogens is 1. The predicted molar refractivity (Wildman–Crippen MR) is 123 cm³/mol. The van der Waals surface area contributed by atoms with Gasteiger partial charge < -0.3 is 9.80 Å². The summed E-state index contributed by atoms with van der Waals surface area (Å²) < 4.78 is 13.7. The lowest BCUT2D eigenvalue weighted by atomic mass is 10.0. The van der Waals surface area contributed by atoms with E-state index >= 15 is 0 Å². The summed E-state index contributed by atoms with van der Waals surface area (Å²) in [5, 5.41) is 0. The standard InChI is InChI=1S/C25H35FN4O/c1-4-5-6-7-12-24(31)29-13-9-14-30(16-15-29)25-23(19(2)27-20(3)28-25)18-21-10-8-11-22(26)17-21/h8,10-11,17H,4-7,9,12-16,18H2,1-3H3. The van der Waals surface area contributed by atoms with Gasteiger partial charge in [-0.05, 0) is 44.4 Å². The minimum Gasteiger partial charge on any atom is -0.354 e. The van der Waals surface area contributed by atoms with Crippen LogP contribution in [0.25, 0.3) is 0 Å². The summed E-state index contributed by atoms with van der Waals surface area (Å²) in [6.45, 7) is 9.21. The van der Waals surface area contributed by atoms with Crippen LogP contribution in [0.5, 0.6) is 0 Å². The van der Waals surface area contributed by atoms with E-state index in [9.17, 15) is 9.18 Å². The van der Waals surface area contributed by atoms with Crippen molar-refractivity contribution < 1.29 is 9.18 Å². The summed E-state index contributed by atoms with van der Waals surface area (Å²) in [4.78, 5) is 26.3. The highest BCUT2D eigenvalue weighted by atomic mass is 19.1. The number of hydrogen-bond acceptors (Lipinski definition) is 4. The number of carbonyl (C=O) groups is 1. The van der Waals surface area contributed by atoms with E-state index in [1.54, 1.807) is 12.1 Å². The minimum atomic E-state index is -0.229. The topological polar surface area (TPSA) is 49.3 Å². The molecule has 1 amide bonds. The molecule has 0 radical (unpaired) electrons. The van der Waals surface area contributed by atoms with Gasteiger partial charge in [0.25, 0.3) is 0 Å². The van der Waals surface area contributed by atoms with Crippen molar-refractivity contribution in [3.05, 3.63) is 52.7 Å². The summed E-state index contributed by atoms with van der Waals surface area (Å²) in [6.07, 6.45) is 6.65. The van der Waals surface area contributed by atoms with Gasteiger partial charge in [-0.1, -0.05) is 38.3 Å². The smallest absolute Gasteiger partial charge is 0.222 e. The molecular weight excluding hydrogens is 391 g/mol. The van der Waals surface area contributed by atoms with Gasteiger partial charge in [0.1, 0.15) is 17.5 Å². The van der Waals surface area contributed by atoms with E-state index in [1.165, 1.54) is 18.9 Å². The van der Waals surface area contributed by atoms with E-state index in [0.717, 1.165) is 67.4 Å². The quantitative estimate of drug-likeness (QED) is 0.567. The molecule has 0 N–H and O–H groups in total. The molecule has 2 heterocycles. The van der Waals surface area contributed by atoms with Gasteiger partial charge in [0, 0.05) is 50.3 Å². The van der Waals surface area contributed by atoms with Crippen molar-refractivity contribution in [2.45, 2.75) is 65.7 Å². The molecule has 3 rings (SSSR count). The van der Waals surface area contributed by atoms with Gasteiger partial charge in [0.15, 0.2) is 0 Å². The molecule has 0 unspecified atom stereocenters. The molecule has 0 spiro atoms. The molecule has 0 saturated carbocycles. The molecule has 1 aliphatic rings. The molecule has 5 nitrogen and oxygen atoms in total. The third kappa shape index (κ3) is 6.49. The molecule has 1 aliphatic heterocycles. The van der Waals surface area contributed by atoms with Crippen LogP contribution in [0.3, 0.4) is 0 Å². The summed E-state index contributed by atoms with van der Waals surface area (Å²) in [7, 11) is 0. The maximum absolute atomic E-state index is 13.7. The van der Waals surface area contributed by atoms with Crippen molar-refractivity contribution >= 4 is 11.7 Å². The Hall–Kier alpha value is -2.50. The first kappa shape index (κ1) is 23.2. The van der Waals surface area contributed by atoms with Gasteiger partial charge in [-0.3, -0.25) is 4.79 Å². The number of benzene rings is 1. The number of nitrogens with zero attached hydrogens (tertiary/aromatic N) is 4. The van der Waals surface area contributed by atoms with Crippen LogP contribution < -0.4 is 4.90 Å². The molecule has 31 heavy (non-hydrogen) atoms. The first-order valence-electron chi connectivity index (χ1n) is 11.6. The van der Waals surface area contributed by atoms with Gasteiger partial charge in [0.05, 0.1) is 0 Å². The van der Waals surface area contributed by atoms with Crippen molar-refractivity contribution in [1.29, 1.82) is 0 Å². The number of aryl methyl sites for hydroxylation is 2. The zero-order chi connectivity index (χ0) is 22.2. The molecule has 1 aromatic heterocycles. The Bertz CT molecular complexity index is 886. The van der Waals surface area contributed by atoms with E-state index in [1.807, 2.05) is 24.8 Å². The van der Waals surface area contributed by atoms with Crippen molar-refractivity contribution in [2.75, 3.05) is 31.1 Å². The Morgan fingerprint density at radius 1 is 1.06 bits per heavy atom. The van der Waals surface area contributed by atoms with Crippen LogP contribution in [0, 0.1) is 19.7 Å². The number of anilines is 1. The van der Waals surface area contributed by atoms with Crippen LogP contribution in [0.1, 0.15) is 68.1 Å². The minimum absolute atomic E-state index is 0.229. The number of carbonyl (C=O) groups excluding carboxylic acids is 1. The Balaban J connectivity index is 1.72. The Labute approximate surface area is 185 Å². The van der Waals surface area contributed by atoms with Gasteiger partial charge in [-0.15, -0.1) is 0 Å². The van der Waals surface area contributed by atoms with Crippen LogP contribution in [-0.4, -0.2) is 47.0 Å². The van der Waals surface area contributed by atoms with Gasteiger partial charge in [-0.25, -0.2) is 14.4 Å². The Morgan fingerprint density at radius 3 is 2.68 bits per heavy atom. The molecule has 0 aliphatic carbocycles. The fraction of sp³-hybridized carbons (Fsp3) is 0.560. The third-order valence-electron chi connectivity index (χ3n) is 5.97. The van der Waals surface area contributed by atoms with Gasteiger partial charge in [0.2, 0.25) is 5.91 Å². The highest BCUT2D eigenvalue weighted by Crippen LogP contribution is 2.25. The molecule has 1 saturated heterocycles. The lowest BCUT2D eigenvalue weighted by molar-refractivity contribution is -0.131. The number of aromatic nitrogens is 2. The normalized spacial score (nSPS) is 14.6. The van der Waals surface area contributed by atoms with Crippen LogP contribution in [0.2, 0.25) is 0 Å². The molecule has 0 bridgehead atoms. The maximum atomic E-state index is 13.7. The lowest BCUT2D eigenvalue weighted by Gasteiger charge is -2.26. The van der Waals surface area contributed by atoms with Crippen LogP contribution >= 0.6 is 0 Å². The zero-order valence-electron chi connectivity index (χ0n) is 19.2. The largest absolute Gasteiger partial charge is 0.354 e. The summed E-state index contributed by atoms with van der Waals surface area (Å²) in [5.41, 5.74) is 2.88. The second kappa shape index (κ2) is 11.2. The first-order valence-corrected chi connectivity index (χ1v) is 11.6. The Kier molecular flexibility index (Phi) is 8.38. The van der Waals surface area contributed by atoms with E-state index < -0.39 is 0 Å². The molecule has 168 valence electrons. The van der Waals surface area contributed by atoms with E-state index in [4.69, 9.17) is 4.98 Å². The second-order valence-corrected chi connectivity index (χ2v) is 8.50. The van der Waals surface area contributed by atoms with Gasteiger partial charge in [-0.2, -0.15) is 0 Å². The van der Waals surface area contributed by atoms with Gasteiger partial charge >= 0.3 is 0 Å². The molecule has 2 aromatic rings. The third-order valence-corrected chi connectivity index (χ3v) is 5.97. The van der Waals surface area contributed by atoms with Crippen LogP contribution in [0.15, 0.2) is 24.3 Å². The van der Waals surface area contributed by atoms with Crippen molar-refractivity contribution in [2.24, 2.45) is 0 Å². The SMILES string of the molecule is CCCCCCC(=O)N1CCCN(c2nc(C)nc(C)c2Cc2cccc(F)c2)CC1. The summed E-state index contributed by atoms with van der Waals surface area (Å²) in [6, 6.07) is 6.72. The molecular formula is C25H35FN4O.